The average Bonchev–Trinajstić information content (AvgIpc) is 3.07. The van der Waals surface area contributed by atoms with Gasteiger partial charge in [0.1, 0.15) is 6.61 Å². The lowest BCUT2D eigenvalue weighted by molar-refractivity contribution is 0.0775. The van der Waals surface area contributed by atoms with Crippen LogP contribution < -0.4 is 0 Å². The Hall–Kier alpha value is -1.81. The van der Waals surface area contributed by atoms with Crippen LogP contribution in [0.15, 0.2) is 43.0 Å². The van der Waals surface area contributed by atoms with Crippen LogP contribution in [0.5, 0.6) is 0 Å². The number of rotatable bonds is 3. The first-order chi connectivity index (χ1) is 9.79. The molecule has 0 aromatic heterocycles. The smallest absolute Gasteiger partial charge is 0.410 e. The van der Waals surface area contributed by atoms with Gasteiger partial charge in [0.25, 0.3) is 0 Å². The third kappa shape index (κ3) is 2.43. The average molecular weight is 273 g/mol. The zero-order valence-corrected chi connectivity index (χ0v) is 11.4. The minimum absolute atomic E-state index is 0.0942. The fraction of sp³-hybridized carbons (Fsp3) is 0.438. The van der Waals surface area contributed by atoms with E-state index in [1.165, 1.54) is 0 Å². The number of likely N-dealkylation sites (tertiary alicyclic amines) is 1. The summed E-state index contributed by atoms with van der Waals surface area (Å²) in [5, 5.41) is 0. The van der Waals surface area contributed by atoms with E-state index in [0.717, 1.165) is 12.0 Å². The number of benzene rings is 1. The summed E-state index contributed by atoms with van der Waals surface area (Å²) in [7, 11) is 0. The van der Waals surface area contributed by atoms with Gasteiger partial charge in [0.15, 0.2) is 0 Å². The fourth-order valence-electron chi connectivity index (χ4n) is 3.03. The van der Waals surface area contributed by atoms with Gasteiger partial charge in [0.05, 0.1) is 12.1 Å². The van der Waals surface area contributed by atoms with E-state index in [1.54, 1.807) is 4.90 Å². The molecule has 0 spiro atoms. The van der Waals surface area contributed by atoms with Gasteiger partial charge < -0.3 is 14.4 Å². The molecule has 106 valence electrons. The van der Waals surface area contributed by atoms with E-state index < -0.39 is 0 Å². The van der Waals surface area contributed by atoms with Crippen molar-refractivity contribution in [2.75, 3.05) is 13.2 Å². The second kappa shape index (κ2) is 5.67. The van der Waals surface area contributed by atoms with Crippen molar-refractivity contribution in [3.05, 3.63) is 48.6 Å². The molecule has 1 amide bonds. The summed E-state index contributed by atoms with van der Waals surface area (Å²) < 4.78 is 11.1. The Morgan fingerprint density at radius 3 is 3.00 bits per heavy atom. The lowest BCUT2D eigenvalue weighted by Gasteiger charge is -2.21. The van der Waals surface area contributed by atoms with Gasteiger partial charge in [0.2, 0.25) is 0 Å². The summed E-state index contributed by atoms with van der Waals surface area (Å²) in [6.07, 6.45) is 2.61. The molecule has 4 heteroatoms. The predicted molar refractivity (Wildman–Crippen MR) is 75.2 cm³/mol. The van der Waals surface area contributed by atoms with Crippen LogP contribution >= 0.6 is 0 Å². The number of amides is 1. The molecule has 2 aliphatic rings. The van der Waals surface area contributed by atoms with Gasteiger partial charge in [-0.3, -0.25) is 0 Å². The van der Waals surface area contributed by atoms with E-state index in [-0.39, 0.29) is 24.2 Å². The molecule has 0 N–H and O–H groups in total. The monoisotopic (exact) mass is 273 g/mol. The Labute approximate surface area is 119 Å². The van der Waals surface area contributed by atoms with Gasteiger partial charge in [-0.2, -0.15) is 0 Å². The lowest BCUT2D eigenvalue weighted by atomic mass is 10.0. The predicted octanol–water partition coefficient (Wildman–Crippen LogP) is 2.60. The van der Waals surface area contributed by atoms with Crippen molar-refractivity contribution in [3.8, 4) is 0 Å². The highest BCUT2D eigenvalue weighted by Gasteiger charge is 2.46. The molecule has 4 nitrogen and oxygen atoms in total. The molecule has 0 radical (unpaired) electrons. The molecule has 3 atom stereocenters. The van der Waals surface area contributed by atoms with Crippen molar-refractivity contribution in [1.29, 1.82) is 0 Å². The van der Waals surface area contributed by atoms with Crippen molar-refractivity contribution >= 4 is 6.09 Å². The zero-order valence-electron chi connectivity index (χ0n) is 11.4. The molecule has 3 rings (SSSR count). The second-order valence-corrected chi connectivity index (χ2v) is 5.28. The highest BCUT2D eigenvalue weighted by molar-refractivity contribution is 5.69. The maximum Gasteiger partial charge on any atom is 0.410 e. The van der Waals surface area contributed by atoms with Gasteiger partial charge in [-0.05, 0) is 12.0 Å². The van der Waals surface area contributed by atoms with Crippen LogP contribution in [-0.4, -0.2) is 36.3 Å². The number of hydrogen-bond acceptors (Lipinski definition) is 3. The number of hydrogen-bond donors (Lipinski definition) is 0. The molecule has 1 aromatic carbocycles. The molecule has 2 heterocycles. The van der Waals surface area contributed by atoms with Gasteiger partial charge in [-0.25, -0.2) is 4.79 Å². The summed E-state index contributed by atoms with van der Waals surface area (Å²) in [6.45, 7) is 5.50. The quantitative estimate of drug-likeness (QED) is 0.795. The van der Waals surface area contributed by atoms with Crippen LogP contribution in [0.3, 0.4) is 0 Å². The summed E-state index contributed by atoms with van der Waals surface area (Å²) in [5.74, 6) is 0.215. The maximum atomic E-state index is 12.2. The molecule has 2 fully saturated rings. The summed E-state index contributed by atoms with van der Waals surface area (Å²) in [4.78, 5) is 14.0. The Bertz CT molecular complexity index is 488. The third-order valence-electron chi connectivity index (χ3n) is 4.08. The Morgan fingerprint density at radius 2 is 2.25 bits per heavy atom. The SMILES string of the molecule is C=CC1CN(C(=O)OCc2ccccc2)[C@@H]2CCOC12. The molecule has 20 heavy (non-hydrogen) atoms. The minimum atomic E-state index is -0.251. The largest absolute Gasteiger partial charge is 0.445 e. The van der Waals surface area contributed by atoms with Gasteiger partial charge in [-0.1, -0.05) is 36.4 Å². The molecule has 0 aliphatic carbocycles. The van der Waals surface area contributed by atoms with Crippen LogP contribution in [0.1, 0.15) is 12.0 Å². The summed E-state index contributed by atoms with van der Waals surface area (Å²) >= 11 is 0. The van der Waals surface area contributed by atoms with E-state index in [1.807, 2.05) is 36.4 Å². The van der Waals surface area contributed by atoms with Gasteiger partial charge in [0, 0.05) is 19.1 Å². The number of ether oxygens (including phenoxy) is 2. The van der Waals surface area contributed by atoms with E-state index >= 15 is 0 Å². The molecule has 2 aliphatic heterocycles. The van der Waals surface area contributed by atoms with Crippen LogP contribution in [-0.2, 0) is 16.1 Å². The Balaban J connectivity index is 1.61. The zero-order chi connectivity index (χ0) is 13.9. The standard InChI is InChI=1S/C16H19NO3/c1-2-13-10-17(14-8-9-19-15(13)14)16(18)20-11-12-6-4-3-5-7-12/h2-7,13-15H,1,8-11H2/t13?,14-,15?/m1/s1. The van der Waals surface area contributed by atoms with Crippen molar-refractivity contribution in [1.82, 2.24) is 4.90 Å². The molecular weight excluding hydrogens is 254 g/mol. The molecule has 0 saturated carbocycles. The lowest BCUT2D eigenvalue weighted by Crippen LogP contribution is -2.37. The van der Waals surface area contributed by atoms with Gasteiger partial charge in [-0.15, -0.1) is 6.58 Å². The normalized spacial score (nSPS) is 28.2. The Morgan fingerprint density at radius 1 is 1.45 bits per heavy atom. The minimum Gasteiger partial charge on any atom is -0.445 e. The van der Waals surface area contributed by atoms with Crippen molar-refractivity contribution < 1.29 is 14.3 Å². The Kier molecular flexibility index (Phi) is 3.74. The first-order valence-electron chi connectivity index (χ1n) is 7.01. The molecule has 0 bridgehead atoms. The maximum absolute atomic E-state index is 12.2. The summed E-state index contributed by atoms with van der Waals surface area (Å²) in [5.41, 5.74) is 1.000. The van der Waals surface area contributed by atoms with Crippen LogP contribution in [0, 0.1) is 5.92 Å². The highest BCUT2D eigenvalue weighted by Crippen LogP contribution is 2.34. The van der Waals surface area contributed by atoms with Crippen LogP contribution in [0.2, 0.25) is 0 Å². The molecule has 2 saturated heterocycles. The molecule has 1 aromatic rings. The van der Waals surface area contributed by atoms with Gasteiger partial charge >= 0.3 is 6.09 Å². The first-order valence-corrected chi connectivity index (χ1v) is 7.01. The van der Waals surface area contributed by atoms with Crippen molar-refractivity contribution in [3.63, 3.8) is 0 Å². The van der Waals surface area contributed by atoms with E-state index in [0.29, 0.717) is 19.8 Å². The second-order valence-electron chi connectivity index (χ2n) is 5.28. The summed E-state index contributed by atoms with van der Waals surface area (Å²) in [6, 6.07) is 9.86. The first kappa shape index (κ1) is 13.2. The fourth-order valence-corrected chi connectivity index (χ4v) is 3.03. The van der Waals surface area contributed by atoms with E-state index in [4.69, 9.17) is 9.47 Å². The van der Waals surface area contributed by atoms with Crippen LogP contribution in [0.4, 0.5) is 4.79 Å². The van der Waals surface area contributed by atoms with Crippen molar-refractivity contribution in [2.24, 2.45) is 5.92 Å². The van der Waals surface area contributed by atoms with E-state index in [2.05, 4.69) is 6.58 Å². The molecular formula is C16H19NO3. The number of carbonyl (C=O) groups excluding carboxylic acids is 1. The highest BCUT2D eigenvalue weighted by atomic mass is 16.6. The van der Waals surface area contributed by atoms with E-state index in [9.17, 15) is 4.79 Å². The third-order valence-corrected chi connectivity index (χ3v) is 4.08. The number of fused-ring (bicyclic) bond motifs is 1. The number of carbonyl (C=O) groups is 1. The van der Waals surface area contributed by atoms with Crippen LogP contribution in [0.25, 0.3) is 0 Å². The van der Waals surface area contributed by atoms with Crippen molar-refractivity contribution in [2.45, 2.75) is 25.2 Å². The number of nitrogens with zero attached hydrogens (tertiary/aromatic N) is 1. The molecule has 2 unspecified atom stereocenters. The topological polar surface area (TPSA) is 38.8 Å².